The number of nitrogen functional groups attached to an aromatic ring is 1. The summed E-state index contributed by atoms with van der Waals surface area (Å²) in [7, 11) is -4.75. The second kappa shape index (κ2) is 11.4. The van der Waals surface area contributed by atoms with E-state index in [1.54, 1.807) is 27.7 Å². The van der Waals surface area contributed by atoms with E-state index in [-0.39, 0.29) is 11.5 Å². The molecule has 1 amide bonds. The van der Waals surface area contributed by atoms with E-state index in [0.29, 0.717) is 0 Å². The number of aromatic nitrogens is 2. The molecule has 38 heavy (non-hydrogen) atoms. The van der Waals surface area contributed by atoms with Crippen LogP contribution < -0.4 is 11.5 Å². The topological polar surface area (TPSA) is 252 Å². The van der Waals surface area contributed by atoms with Crippen LogP contribution in [0.25, 0.3) is 0 Å². The van der Waals surface area contributed by atoms with Crippen LogP contribution in [0.3, 0.4) is 0 Å². The number of rotatable bonds is 12. The number of phosphoric ester groups is 1. The van der Waals surface area contributed by atoms with E-state index >= 15 is 0 Å². The number of ether oxygens (including phenoxy) is 5. The van der Waals surface area contributed by atoms with Crippen LogP contribution in [-0.4, -0.2) is 87.7 Å². The number of nitrogens with two attached hydrogens (primary N) is 2. The Hall–Kier alpha value is -2.99. The second-order valence-electron chi connectivity index (χ2n) is 8.62. The molecule has 1 aliphatic heterocycles. The van der Waals surface area contributed by atoms with Crippen molar-refractivity contribution in [2.75, 3.05) is 19.3 Å². The van der Waals surface area contributed by atoms with Gasteiger partial charge >= 0.3 is 20.1 Å². The van der Waals surface area contributed by atoms with Gasteiger partial charge in [0.25, 0.3) is 5.91 Å². The summed E-state index contributed by atoms with van der Waals surface area (Å²) in [5.41, 5.74) is 8.58. The first-order valence-corrected chi connectivity index (χ1v) is 12.6. The monoisotopic (exact) mass is 568 g/mol. The van der Waals surface area contributed by atoms with Crippen molar-refractivity contribution in [3.63, 3.8) is 0 Å². The number of primary amides is 1. The third-order valence-corrected chi connectivity index (χ3v) is 6.46. The zero-order valence-corrected chi connectivity index (χ0v) is 21.6. The first kappa shape index (κ1) is 29.6. The van der Waals surface area contributed by atoms with Crippen LogP contribution in [0.5, 0.6) is 0 Å². The van der Waals surface area contributed by atoms with Gasteiger partial charge in [0.15, 0.2) is 17.5 Å². The van der Waals surface area contributed by atoms with Gasteiger partial charge in [-0.1, -0.05) is 0 Å². The number of fused-ring (bicyclic) bond motifs is 1. The number of amides is 1. The van der Waals surface area contributed by atoms with Crippen LogP contribution in [0.4, 0.5) is 15.4 Å². The lowest BCUT2D eigenvalue weighted by atomic mass is 10.1. The van der Waals surface area contributed by atoms with Crippen molar-refractivity contribution in [1.29, 1.82) is 0 Å². The lowest BCUT2D eigenvalue weighted by molar-refractivity contribution is -0.101. The minimum Gasteiger partial charge on any atom is -0.432 e. The zero-order valence-electron chi connectivity index (χ0n) is 20.7. The van der Waals surface area contributed by atoms with Gasteiger partial charge in [0.1, 0.15) is 24.1 Å². The average Bonchev–Trinajstić information content (AvgIpc) is 3.02. The van der Waals surface area contributed by atoms with Crippen molar-refractivity contribution in [3.05, 3.63) is 12.0 Å². The van der Waals surface area contributed by atoms with Gasteiger partial charge in [0, 0.05) is 0 Å². The van der Waals surface area contributed by atoms with Crippen molar-refractivity contribution in [2.45, 2.75) is 70.0 Å². The van der Waals surface area contributed by atoms with Gasteiger partial charge in [-0.15, -0.1) is 0 Å². The van der Waals surface area contributed by atoms with Crippen molar-refractivity contribution in [3.8, 4) is 0 Å². The maximum atomic E-state index is 13.2. The Balaban J connectivity index is 1.66. The van der Waals surface area contributed by atoms with Crippen LogP contribution in [0, 0.1) is 0 Å². The van der Waals surface area contributed by atoms with Crippen LogP contribution in [0.1, 0.15) is 44.4 Å². The normalized spacial score (nSPS) is 26.2. The van der Waals surface area contributed by atoms with Crippen LogP contribution in [-0.2, 0) is 41.8 Å². The Bertz CT molecular complexity index is 1060. The minimum absolute atomic E-state index is 0.225. The smallest absolute Gasteiger partial charge is 0.432 e. The lowest BCUT2D eigenvalue weighted by Crippen LogP contribution is -2.37. The number of aliphatic hydroxyl groups excluding tert-OH is 1. The average molecular weight is 568 g/mol. The number of imidazole rings is 1. The molecule has 2 heterocycles. The summed E-state index contributed by atoms with van der Waals surface area (Å²) in [4.78, 5) is 38.2. The third-order valence-electron chi connectivity index (χ3n) is 5.13. The van der Waals surface area contributed by atoms with E-state index in [2.05, 4.69) is 14.5 Å². The molecule has 5 atom stereocenters. The summed E-state index contributed by atoms with van der Waals surface area (Å²) in [5.74, 6) is -1.15. The van der Waals surface area contributed by atoms with Crippen LogP contribution >= 0.6 is 7.82 Å². The Morgan fingerprint density at radius 2 is 1.66 bits per heavy atom. The predicted octanol–water partition coefficient (Wildman–Crippen LogP) is 0.132. The summed E-state index contributed by atoms with van der Waals surface area (Å²) in [5, 5.41) is 21.6. The van der Waals surface area contributed by atoms with Crippen molar-refractivity contribution >= 4 is 31.9 Å². The van der Waals surface area contributed by atoms with E-state index in [1.165, 1.54) is 0 Å². The van der Waals surface area contributed by atoms with E-state index in [0.717, 1.165) is 10.9 Å². The number of nitrogens with zero attached hydrogens (tertiary/aromatic N) is 2. The summed E-state index contributed by atoms with van der Waals surface area (Å²) in [6.45, 7) is 4.27. The number of carbonyl (C=O) groups is 3. The highest BCUT2D eigenvalue weighted by Crippen LogP contribution is 2.62. The molecule has 1 unspecified atom stereocenters. The molecule has 0 aromatic carbocycles. The molecule has 2 fully saturated rings. The molecular weight excluding hydrogens is 539 g/mol. The van der Waals surface area contributed by atoms with Gasteiger partial charge in [-0.2, -0.15) is 0 Å². The summed E-state index contributed by atoms with van der Waals surface area (Å²) in [6.07, 6.45) is -8.06. The Morgan fingerprint density at radius 1 is 1.13 bits per heavy atom. The summed E-state index contributed by atoms with van der Waals surface area (Å²) < 4.78 is 53.6. The van der Waals surface area contributed by atoms with Crippen molar-refractivity contribution in [2.24, 2.45) is 5.73 Å². The second-order valence-corrected chi connectivity index (χ2v) is 10.2. The fourth-order valence-electron chi connectivity index (χ4n) is 3.39. The first-order chi connectivity index (χ1) is 17.7. The molecule has 1 aliphatic carbocycles. The number of hydrogen-bond donors (Lipinski definition) is 4. The fraction of sp³-hybridized carbons (Fsp3) is 0.684. The highest BCUT2D eigenvalue weighted by molar-refractivity contribution is 7.48. The zero-order chi connectivity index (χ0) is 28.4. The highest BCUT2D eigenvalue weighted by atomic mass is 31.2. The van der Waals surface area contributed by atoms with Crippen LogP contribution in [0.15, 0.2) is 6.33 Å². The van der Waals surface area contributed by atoms with E-state index in [1.807, 2.05) is 0 Å². The van der Waals surface area contributed by atoms with Gasteiger partial charge in [-0.25, -0.2) is 28.2 Å². The Kier molecular flexibility index (Phi) is 8.87. The molecule has 19 heteroatoms. The van der Waals surface area contributed by atoms with E-state index in [9.17, 15) is 29.2 Å². The molecule has 1 aromatic heterocycles. The lowest BCUT2D eigenvalue weighted by Gasteiger charge is -2.25. The number of phosphoric acid groups is 1. The summed E-state index contributed by atoms with van der Waals surface area (Å²) >= 11 is 0. The molecule has 214 valence electrons. The molecule has 1 saturated carbocycles. The molecular formula is C19H29N4O14P. The molecule has 0 radical (unpaired) electrons. The third kappa shape index (κ3) is 6.35. The quantitative estimate of drug-likeness (QED) is 0.148. The number of aliphatic hydroxyl groups is 2. The molecule has 1 saturated heterocycles. The molecule has 0 spiro atoms. The molecule has 18 nitrogen and oxygen atoms in total. The van der Waals surface area contributed by atoms with Gasteiger partial charge in [0.05, 0.1) is 18.5 Å². The maximum absolute atomic E-state index is 13.2. The van der Waals surface area contributed by atoms with Crippen molar-refractivity contribution < 1.29 is 66.4 Å². The molecule has 2 aliphatic rings. The molecule has 3 rings (SSSR count). The van der Waals surface area contributed by atoms with Crippen molar-refractivity contribution in [1.82, 2.24) is 9.55 Å². The minimum atomic E-state index is -4.75. The molecule has 6 N–H and O–H groups in total. The maximum Gasteiger partial charge on any atom is 0.510 e. The fourth-order valence-corrected chi connectivity index (χ4v) is 4.51. The van der Waals surface area contributed by atoms with Crippen LogP contribution in [0.2, 0.25) is 0 Å². The summed E-state index contributed by atoms with van der Waals surface area (Å²) in [6, 6.07) is 0. The van der Waals surface area contributed by atoms with Gasteiger partial charge in [0.2, 0.25) is 13.6 Å². The molecule has 0 bridgehead atoms. The standard InChI is InChI=1S/C19H29N4O14P/c1-8(2)34-17(26)30-6-32-38(29,33-7-31-18(27)35-9(3)4)37-13-12-19(13,28)11(24)16(36-12)23-5-22-10(14(23)20)15(21)25/h5,8-9,11-13,16,24,28H,6-7,20H2,1-4H3,(H2,21,25)/t11-,12+,13?,16+,19-/m0/s1. The number of anilines is 1. The van der Waals surface area contributed by atoms with Gasteiger partial charge in [-0.3, -0.25) is 13.9 Å². The highest BCUT2D eigenvalue weighted by Gasteiger charge is 2.79. The SMILES string of the molecule is CC(C)OC(=O)OCOP(=O)(OCOC(=O)OC(C)C)OC1[C@H]2O[C@@H](n3cnc(C(N)=O)c3N)[C@H](O)[C@@]12O. The molecule has 1 aromatic rings. The Morgan fingerprint density at radius 3 is 2.05 bits per heavy atom. The van der Waals surface area contributed by atoms with Gasteiger partial charge in [-0.05, 0) is 27.7 Å². The number of hydrogen-bond acceptors (Lipinski definition) is 16. The Labute approximate surface area is 215 Å². The first-order valence-electron chi connectivity index (χ1n) is 11.1. The predicted molar refractivity (Wildman–Crippen MR) is 120 cm³/mol. The largest absolute Gasteiger partial charge is 0.510 e. The van der Waals surface area contributed by atoms with E-state index < -0.39 is 82.0 Å². The van der Waals surface area contributed by atoms with E-state index in [4.69, 9.17) is 39.2 Å². The van der Waals surface area contributed by atoms with Gasteiger partial charge < -0.3 is 45.4 Å². The number of carbonyl (C=O) groups excluding carboxylic acids is 3.